The maximum absolute atomic E-state index is 11.6. The molecule has 2 N–H and O–H groups in total. The lowest BCUT2D eigenvalue weighted by molar-refractivity contribution is -0.118. The quantitative estimate of drug-likeness (QED) is 0.569. The van der Waals surface area contributed by atoms with Gasteiger partial charge in [-0.3, -0.25) is 9.59 Å². The number of primary amides is 1. The average Bonchev–Trinajstić information content (AvgIpc) is 2.25. The Balaban J connectivity index is 2.28. The van der Waals surface area contributed by atoms with E-state index in [1.807, 2.05) is 18.2 Å². The zero-order valence-corrected chi connectivity index (χ0v) is 8.61. The molecule has 1 rings (SSSR count). The van der Waals surface area contributed by atoms with Crippen molar-refractivity contribution >= 4 is 11.7 Å². The topological polar surface area (TPSA) is 60.2 Å². The second-order valence-electron chi connectivity index (χ2n) is 3.46. The van der Waals surface area contributed by atoms with E-state index in [9.17, 15) is 9.59 Å². The van der Waals surface area contributed by atoms with Gasteiger partial charge in [0.05, 0.1) is 0 Å². The molecule has 0 heterocycles. The zero-order chi connectivity index (χ0) is 11.1. The summed E-state index contributed by atoms with van der Waals surface area (Å²) >= 11 is 0. The van der Waals surface area contributed by atoms with E-state index in [4.69, 9.17) is 5.73 Å². The van der Waals surface area contributed by atoms with E-state index < -0.39 is 0 Å². The first-order valence-electron chi connectivity index (χ1n) is 5.06. The van der Waals surface area contributed by atoms with Gasteiger partial charge in [0.25, 0.3) is 0 Å². The number of rotatable bonds is 6. The van der Waals surface area contributed by atoms with Crippen LogP contribution in [0, 0.1) is 0 Å². The molecule has 0 saturated heterocycles. The Hall–Kier alpha value is -1.64. The summed E-state index contributed by atoms with van der Waals surface area (Å²) in [6, 6.07) is 9.17. The molecule has 0 atom stereocenters. The Morgan fingerprint density at radius 3 is 2.20 bits per heavy atom. The number of hydrogen-bond acceptors (Lipinski definition) is 2. The predicted molar refractivity (Wildman–Crippen MR) is 58.4 cm³/mol. The van der Waals surface area contributed by atoms with Crippen molar-refractivity contribution in [3.8, 4) is 0 Å². The van der Waals surface area contributed by atoms with Gasteiger partial charge in [-0.05, 0) is 12.8 Å². The molecule has 0 aliphatic heterocycles. The number of ketones is 1. The molecule has 0 aromatic heterocycles. The summed E-state index contributed by atoms with van der Waals surface area (Å²) in [5.74, 6) is -0.178. The Kier molecular flexibility index (Phi) is 4.54. The van der Waals surface area contributed by atoms with Crippen molar-refractivity contribution in [3.05, 3.63) is 35.9 Å². The number of benzene rings is 1. The summed E-state index contributed by atoms with van der Waals surface area (Å²) in [7, 11) is 0. The van der Waals surface area contributed by atoms with Crippen LogP contribution < -0.4 is 5.73 Å². The van der Waals surface area contributed by atoms with Crippen molar-refractivity contribution in [2.45, 2.75) is 25.7 Å². The number of hydrogen-bond donors (Lipinski definition) is 1. The molecular formula is C12H15NO2. The smallest absolute Gasteiger partial charge is 0.217 e. The van der Waals surface area contributed by atoms with Crippen LogP contribution in [0.2, 0.25) is 0 Å². The molecule has 0 saturated carbocycles. The number of amides is 1. The fraction of sp³-hybridized carbons (Fsp3) is 0.333. The molecule has 0 spiro atoms. The van der Waals surface area contributed by atoms with Gasteiger partial charge in [0.2, 0.25) is 5.91 Å². The molecule has 1 aromatic rings. The SMILES string of the molecule is NC(=O)CCCCC(=O)c1ccccc1. The maximum Gasteiger partial charge on any atom is 0.217 e. The van der Waals surface area contributed by atoms with Gasteiger partial charge in [-0.25, -0.2) is 0 Å². The monoisotopic (exact) mass is 205 g/mol. The van der Waals surface area contributed by atoms with Crippen LogP contribution in [0.25, 0.3) is 0 Å². The van der Waals surface area contributed by atoms with Gasteiger partial charge in [0.1, 0.15) is 0 Å². The van der Waals surface area contributed by atoms with Crippen molar-refractivity contribution in [1.29, 1.82) is 0 Å². The normalized spacial score (nSPS) is 9.87. The van der Waals surface area contributed by atoms with E-state index in [2.05, 4.69) is 0 Å². The van der Waals surface area contributed by atoms with Gasteiger partial charge in [0, 0.05) is 18.4 Å². The van der Waals surface area contributed by atoms with E-state index in [-0.39, 0.29) is 11.7 Å². The van der Waals surface area contributed by atoms with Crippen LogP contribution in [-0.2, 0) is 4.79 Å². The van der Waals surface area contributed by atoms with Crippen molar-refractivity contribution in [2.24, 2.45) is 5.73 Å². The lowest BCUT2D eigenvalue weighted by Gasteiger charge is -1.99. The number of Topliss-reactive ketones (excluding diaryl/α,β-unsaturated/α-hetero) is 1. The first-order valence-corrected chi connectivity index (χ1v) is 5.06. The first kappa shape index (κ1) is 11.4. The summed E-state index contributed by atoms with van der Waals surface area (Å²) in [5, 5.41) is 0. The standard InChI is InChI=1S/C12H15NO2/c13-12(15)9-5-4-8-11(14)10-6-2-1-3-7-10/h1-3,6-7H,4-5,8-9H2,(H2,13,15). The maximum atomic E-state index is 11.6. The minimum absolute atomic E-state index is 0.125. The van der Waals surface area contributed by atoms with Gasteiger partial charge in [-0.1, -0.05) is 30.3 Å². The highest BCUT2D eigenvalue weighted by Crippen LogP contribution is 2.07. The Morgan fingerprint density at radius 1 is 1.00 bits per heavy atom. The summed E-state index contributed by atoms with van der Waals surface area (Å²) < 4.78 is 0. The fourth-order valence-corrected chi connectivity index (χ4v) is 1.35. The molecule has 80 valence electrons. The summed E-state index contributed by atoms with van der Waals surface area (Å²) in [6.45, 7) is 0. The van der Waals surface area contributed by atoms with Crippen molar-refractivity contribution in [3.63, 3.8) is 0 Å². The van der Waals surface area contributed by atoms with Crippen LogP contribution in [0.3, 0.4) is 0 Å². The summed E-state index contributed by atoms with van der Waals surface area (Å²) in [5.41, 5.74) is 5.73. The molecule has 0 aliphatic rings. The lowest BCUT2D eigenvalue weighted by atomic mass is 10.0. The molecular weight excluding hydrogens is 190 g/mol. The highest BCUT2D eigenvalue weighted by atomic mass is 16.1. The largest absolute Gasteiger partial charge is 0.370 e. The second kappa shape index (κ2) is 5.96. The van der Waals surface area contributed by atoms with Crippen LogP contribution in [0.5, 0.6) is 0 Å². The van der Waals surface area contributed by atoms with Gasteiger partial charge in [-0.15, -0.1) is 0 Å². The fourth-order valence-electron chi connectivity index (χ4n) is 1.35. The predicted octanol–water partition coefficient (Wildman–Crippen LogP) is 1.91. The second-order valence-corrected chi connectivity index (χ2v) is 3.46. The highest BCUT2D eigenvalue weighted by Gasteiger charge is 2.04. The average molecular weight is 205 g/mol. The molecule has 0 fully saturated rings. The van der Waals surface area contributed by atoms with E-state index in [1.54, 1.807) is 12.1 Å². The van der Waals surface area contributed by atoms with Crippen LogP contribution in [0.15, 0.2) is 30.3 Å². The van der Waals surface area contributed by atoms with Crippen molar-refractivity contribution in [1.82, 2.24) is 0 Å². The van der Waals surface area contributed by atoms with Crippen LogP contribution in [0.1, 0.15) is 36.0 Å². The van der Waals surface area contributed by atoms with E-state index in [0.29, 0.717) is 19.3 Å². The summed E-state index contributed by atoms with van der Waals surface area (Å²) in [6.07, 6.45) is 2.25. The molecule has 0 aliphatic carbocycles. The highest BCUT2D eigenvalue weighted by molar-refractivity contribution is 5.95. The molecule has 1 aromatic carbocycles. The van der Waals surface area contributed by atoms with Gasteiger partial charge < -0.3 is 5.73 Å². The lowest BCUT2D eigenvalue weighted by Crippen LogP contribution is -2.10. The van der Waals surface area contributed by atoms with Crippen molar-refractivity contribution < 1.29 is 9.59 Å². The third-order valence-electron chi connectivity index (χ3n) is 2.17. The minimum atomic E-state index is -0.304. The molecule has 1 amide bonds. The molecule has 0 unspecified atom stereocenters. The molecule has 0 bridgehead atoms. The number of unbranched alkanes of at least 4 members (excludes halogenated alkanes) is 1. The molecule has 3 heteroatoms. The van der Waals surface area contributed by atoms with Gasteiger partial charge in [-0.2, -0.15) is 0 Å². The first-order chi connectivity index (χ1) is 7.20. The third kappa shape index (κ3) is 4.40. The number of carbonyl (C=O) groups excluding carboxylic acids is 2. The zero-order valence-electron chi connectivity index (χ0n) is 8.61. The molecule has 15 heavy (non-hydrogen) atoms. The summed E-state index contributed by atoms with van der Waals surface area (Å²) in [4.78, 5) is 22.0. The van der Waals surface area contributed by atoms with Gasteiger partial charge in [0.15, 0.2) is 5.78 Å². The van der Waals surface area contributed by atoms with Crippen LogP contribution in [-0.4, -0.2) is 11.7 Å². The third-order valence-corrected chi connectivity index (χ3v) is 2.17. The van der Waals surface area contributed by atoms with E-state index in [0.717, 1.165) is 12.0 Å². The van der Waals surface area contributed by atoms with Crippen LogP contribution in [0.4, 0.5) is 0 Å². The Labute approximate surface area is 89.3 Å². The molecule has 0 radical (unpaired) electrons. The van der Waals surface area contributed by atoms with Gasteiger partial charge >= 0.3 is 0 Å². The van der Waals surface area contributed by atoms with E-state index >= 15 is 0 Å². The number of nitrogens with two attached hydrogens (primary N) is 1. The molecule has 3 nitrogen and oxygen atoms in total. The minimum Gasteiger partial charge on any atom is -0.370 e. The Bertz CT molecular complexity index is 333. The Morgan fingerprint density at radius 2 is 1.60 bits per heavy atom. The van der Waals surface area contributed by atoms with Crippen molar-refractivity contribution in [2.75, 3.05) is 0 Å². The van der Waals surface area contributed by atoms with E-state index in [1.165, 1.54) is 0 Å². The number of carbonyl (C=O) groups is 2. The van der Waals surface area contributed by atoms with Crippen LogP contribution >= 0.6 is 0 Å².